The van der Waals surface area contributed by atoms with Crippen molar-refractivity contribution in [2.45, 2.75) is 25.2 Å². The Balaban J connectivity index is 2.16. The molecule has 1 aliphatic carbocycles. The lowest BCUT2D eigenvalue weighted by Gasteiger charge is -2.11. The average Bonchev–Trinajstić information content (AvgIpc) is 2.83. The van der Waals surface area contributed by atoms with Crippen LogP contribution in [0.3, 0.4) is 0 Å². The molecule has 1 fully saturated rings. The monoisotopic (exact) mass is 288 g/mol. The van der Waals surface area contributed by atoms with Gasteiger partial charge in [-0.3, -0.25) is 0 Å². The minimum Gasteiger partial charge on any atom is -0.398 e. The number of anilines is 1. The van der Waals surface area contributed by atoms with Gasteiger partial charge in [0, 0.05) is 6.54 Å². The van der Waals surface area contributed by atoms with Crippen LogP contribution in [0.15, 0.2) is 23.1 Å². The highest BCUT2D eigenvalue weighted by Crippen LogP contribution is 2.51. The summed E-state index contributed by atoms with van der Waals surface area (Å²) in [6.07, 6.45) is 1.04. The van der Waals surface area contributed by atoms with E-state index >= 15 is 0 Å². The zero-order valence-electron chi connectivity index (χ0n) is 10.4. The molecule has 100 valence electrons. The highest BCUT2D eigenvalue weighted by Gasteiger charge is 2.45. The van der Waals surface area contributed by atoms with E-state index in [0.717, 1.165) is 6.42 Å². The Kier molecular flexibility index (Phi) is 3.34. The molecule has 0 aliphatic heterocycles. The van der Waals surface area contributed by atoms with Crippen molar-refractivity contribution in [3.05, 3.63) is 23.2 Å². The van der Waals surface area contributed by atoms with Gasteiger partial charge in [0.05, 0.1) is 10.7 Å². The molecular weight excluding hydrogens is 272 g/mol. The molecule has 1 aliphatic rings. The molecule has 0 radical (unpaired) electrons. The smallest absolute Gasteiger partial charge is 0.244 e. The fraction of sp³-hybridized carbons (Fsp3) is 0.500. The van der Waals surface area contributed by atoms with Crippen LogP contribution in [-0.2, 0) is 10.0 Å². The second-order valence-corrected chi connectivity index (χ2v) is 7.51. The fourth-order valence-electron chi connectivity index (χ4n) is 2.02. The van der Waals surface area contributed by atoms with Crippen molar-refractivity contribution in [1.82, 2.24) is 4.72 Å². The van der Waals surface area contributed by atoms with Crippen molar-refractivity contribution in [1.29, 1.82) is 0 Å². The average molecular weight is 289 g/mol. The summed E-state index contributed by atoms with van der Waals surface area (Å²) in [6, 6.07) is 4.68. The van der Waals surface area contributed by atoms with Gasteiger partial charge in [-0.25, -0.2) is 13.1 Å². The summed E-state index contributed by atoms with van der Waals surface area (Å²) in [5.41, 5.74) is 6.08. The molecule has 0 saturated heterocycles. The Labute approximate surface area is 113 Å². The first-order valence-electron chi connectivity index (χ1n) is 5.78. The van der Waals surface area contributed by atoms with Crippen LogP contribution >= 0.6 is 11.6 Å². The number of nitrogens with two attached hydrogens (primary N) is 1. The molecule has 1 unspecified atom stereocenters. The maximum absolute atomic E-state index is 12.1. The molecule has 0 heterocycles. The van der Waals surface area contributed by atoms with Gasteiger partial charge in [0.15, 0.2) is 0 Å². The number of hydrogen-bond donors (Lipinski definition) is 2. The molecule has 18 heavy (non-hydrogen) atoms. The van der Waals surface area contributed by atoms with Gasteiger partial charge in [-0.05, 0) is 29.9 Å². The van der Waals surface area contributed by atoms with Crippen LogP contribution in [0.4, 0.5) is 5.69 Å². The predicted molar refractivity (Wildman–Crippen MR) is 72.9 cm³/mol. The Hall–Kier alpha value is -0.780. The first-order valence-corrected chi connectivity index (χ1v) is 7.64. The van der Waals surface area contributed by atoms with Crippen molar-refractivity contribution < 1.29 is 8.42 Å². The minimum absolute atomic E-state index is 0.0230. The number of hydrogen-bond acceptors (Lipinski definition) is 3. The predicted octanol–water partition coefficient (Wildman–Crippen LogP) is 2.25. The van der Waals surface area contributed by atoms with Gasteiger partial charge in [0.1, 0.15) is 4.90 Å². The van der Waals surface area contributed by atoms with Gasteiger partial charge >= 0.3 is 0 Å². The molecule has 1 saturated carbocycles. The summed E-state index contributed by atoms with van der Waals surface area (Å²) in [4.78, 5) is -0.0230. The van der Waals surface area contributed by atoms with Gasteiger partial charge in [0.25, 0.3) is 0 Å². The summed E-state index contributed by atoms with van der Waals surface area (Å²) in [5, 5.41) is 0.151. The second-order valence-electron chi connectivity index (χ2n) is 5.40. The molecule has 0 amide bonds. The van der Waals surface area contributed by atoms with Crippen molar-refractivity contribution >= 4 is 27.3 Å². The van der Waals surface area contributed by atoms with Gasteiger partial charge in [-0.2, -0.15) is 0 Å². The third kappa shape index (κ3) is 2.63. The Morgan fingerprint density at radius 3 is 2.61 bits per heavy atom. The van der Waals surface area contributed by atoms with Crippen LogP contribution in [0.25, 0.3) is 0 Å². The zero-order valence-corrected chi connectivity index (χ0v) is 12.0. The molecule has 4 nitrogen and oxygen atoms in total. The number of sulfonamides is 1. The Bertz CT molecular complexity index is 549. The molecule has 2 rings (SSSR count). The lowest BCUT2D eigenvalue weighted by Crippen LogP contribution is -2.27. The van der Waals surface area contributed by atoms with E-state index in [4.69, 9.17) is 17.3 Å². The molecular formula is C12H17ClN2O2S. The standard InChI is InChI=1S/C12H17ClN2O2S/c1-12(2)6-8(12)7-15-18(16,17)11-9(13)4-3-5-10(11)14/h3-5,8,15H,6-7,14H2,1-2H3. The molecule has 3 N–H and O–H groups in total. The quantitative estimate of drug-likeness (QED) is 0.835. The third-order valence-corrected chi connectivity index (χ3v) is 5.47. The summed E-state index contributed by atoms with van der Waals surface area (Å²) < 4.78 is 26.9. The van der Waals surface area contributed by atoms with Gasteiger partial charge in [0.2, 0.25) is 10.0 Å². The van der Waals surface area contributed by atoms with E-state index in [0.29, 0.717) is 12.5 Å². The molecule has 1 aromatic rings. The van der Waals surface area contributed by atoms with Crippen LogP contribution in [-0.4, -0.2) is 15.0 Å². The Morgan fingerprint density at radius 2 is 2.11 bits per heavy atom. The minimum atomic E-state index is -3.63. The van der Waals surface area contributed by atoms with Crippen LogP contribution in [0.2, 0.25) is 5.02 Å². The lowest BCUT2D eigenvalue weighted by molar-refractivity contribution is 0.538. The largest absolute Gasteiger partial charge is 0.398 e. The summed E-state index contributed by atoms with van der Waals surface area (Å²) in [7, 11) is -3.63. The third-order valence-electron chi connectivity index (χ3n) is 3.50. The van der Waals surface area contributed by atoms with E-state index in [1.165, 1.54) is 12.1 Å². The van der Waals surface area contributed by atoms with E-state index in [-0.39, 0.29) is 21.0 Å². The van der Waals surface area contributed by atoms with E-state index in [1.54, 1.807) is 6.07 Å². The number of benzene rings is 1. The molecule has 1 aromatic carbocycles. The van der Waals surface area contributed by atoms with E-state index in [9.17, 15) is 8.42 Å². The Morgan fingerprint density at radius 1 is 1.50 bits per heavy atom. The van der Waals surface area contributed by atoms with E-state index in [2.05, 4.69) is 18.6 Å². The summed E-state index contributed by atoms with van der Waals surface area (Å²) in [5.74, 6) is 0.385. The normalized spacial score (nSPS) is 21.8. The first-order chi connectivity index (χ1) is 8.24. The number of nitrogen functional groups attached to an aromatic ring is 1. The zero-order chi connectivity index (χ0) is 13.6. The summed E-state index contributed by atoms with van der Waals surface area (Å²) >= 11 is 5.90. The van der Waals surface area contributed by atoms with Crippen molar-refractivity contribution in [2.75, 3.05) is 12.3 Å². The van der Waals surface area contributed by atoms with E-state index in [1.807, 2.05) is 0 Å². The van der Waals surface area contributed by atoms with Crippen molar-refractivity contribution in [3.8, 4) is 0 Å². The summed E-state index contributed by atoms with van der Waals surface area (Å²) in [6.45, 7) is 4.67. The SMILES string of the molecule is CC1(C)CC1CNS(=O)(=O)c1c(N)cccc1Cl. The van der Waals surface area contributed by atoms with Crippen LogP contribution in [0, 0.1) is 11.3 Å². The number of halogens is 1. The lowest BCUT2D eigenvalue weighted by atomic mass is 10.1. The molecule has 6 heteroatoms. The highest BCUT2D eigenvalue weighted by molar-refractivity contribution is 7.89. The van der Waals surface area contributed by atoms with Gasteiger partial charge < -0.3 is 5.73 Å². The highest BCUT2D eigenvalue weighted by atomic mass is 35.5. The van der Waals surface area contributed by atoms with Crippen LogP contribution < -0.4 is 10.5 Å². The molecule has 0 spiro atoms. The van der Waals surface area contributed by atoms with Gasteiger partial charge in [-0.15, -0.1) is 0 Å². The van der Waals surface area contributed by atoms with Crippen LogP contribution in [0.5, 0.6) is 0 Å². The van der Waals surface area contributed by atoms with Crippen LogP contribution in [0.1, 0.15) is 20.3 Å². The maximum Gasteiger partial charge on any atom is 0.244 e. The second kappa shape index (κ2) is 4.40. The molecule has 1 atom stereocenters. The number of nitrogens with one attached hydrogen (secondary N) is 1. The van der Waals surface area contributed by atoms with Crippen molar-refractivity contribution in [2.24, 2.45) is 11.3 Å². The maximum atomic E-state index is 12.1. The number of rotatable bonds is 4. The molecule has 0 aromatic heterocycles. The first kappa shape index (κ1) is 13.6. The van der Waals surface area contributed by atoms with Crippen molar-refractivity contribution in [3.63, 3.8) is 0 Å². The fourth-order valence-corrected chi connectivity index (χ4v) is 3.77. The topological polar surface area (TPSA) is 72.2 Å². The molecule has 0 bridgehead atoms. The van der Waals surface area contributed by atoms with E-state index < -0.39 is 10.0 Å². The van der Waals surface area contributed by atoms with Gasteiger partial charge in [-0.1, -0.05) is 31.5 Å².